The van der Waals surface area contributed by atoms with Crippen molar-refractivity contribution in [2.45, 2.75) is 26.7 Å². The third kappa shape index (κ3) is 2.92. The van der Waals surface area contributed by atoms with E-state index in [0.29, 0.717) is 11.8 Å². The summed E-state index contributed by atoms with van der Waals surface area (Å²) in [5.41, 5.74) is 4.49. The second kappa shape index (κ2) is 5.96. The molecule has 3 rings (SSSR count). The van der Waals surface area contributed by atoms with E-state index in [0.717, 1.165) is 0 Å². The van der Waals surface area contributed by atoms with E-state index < -0.39 is 0 Å². The summed E-state index contributed by atoms with van der Waals surface area (Å²) in [6.07, 6.45) is 6.90. The second-order valence-corrected chi connectivity index (χ2v) is 7.08. The molecule has 22 heavy (non-hydrogen) atoms. The maximum Gasteiger partial charge on any atom is 0.0190 e. The summed E-state index contributed by atoms with van der Waals surface area (Å²) in [6, 6.07) is 21.8. The fourth-order valence-corrected chi connectivity index (χ4v) is 3.46. The van der Waals surface area contributed by atoms with Gasteiger partial charge in [0.1, 0.15) is 0 Å². The van der Waals surface area contributed by atoms with Crippen LogP contribution in [-0.4, -0.2) is 0 Å². The van der Waals surface area contributed by atoms with Crippen molar-refractivity contribution in [3.63, 3.8) is 0 Å². The first-order valence-corrected chi connectivity index (χ1v) is 8.06. The molecule has 2 aromatic rings. The lowest BCUT2D eigenvalue weighted by molar-refractivity contribution is 0.439. The van der Waals surface area contributed by atoms with Gasteiger partial charge in [0.2, 0.25) is 0 Å². The van der Waals surface area contributed by atoms with Gasteiger partial charge in [0.25, 0.3) is 0 Å². The van der Waals surface area contributed by atoms with Gasteiger partial charge in [0.15, 0.2) is 0 Å². The van der Waals surface area contributed by atoms with Gasteiger partial charge in [0, 0.05) is 11.8 Å². The average Bonchev–Trinajstić information content (AvgIpc) is 2.99. The lowest BCUT2D eigenvalue weighted by Crippen LogP contribution is -2.21. The highest BCUT2D eigenvalue weighted by molar-refractivity contribution is 5.42. The maximum atomic E-state index is 2.37. The highest BCUT2D eigenvalue weighted by atomic mass is 14.4. The Hall–Kier alpha value is -2.08. The molecular weight excluding hydrogens is 264 g/mol. The third-order valence-corrected chi connectivity index (χ3v) is 4.50. The Morgan fingerprint density at radius 1 is 0.773 bits per heavy atom. The summed E-state index contributed by atoms with van der Waals surface area (Å²) in [6.45, 7) is 6.93. The largest absolute Gasteiger partial charge is 0.0764 e. The monoisotopic (exact) mass is 288 g/mol. The first kappa shape index (κ1) is 14.8. The number of rotatable bonds is 3. The minimum atomic E-state index is 0.190. The second-order valence-electron chi connectivity index (χ2n) is 7.08. The number of benzene rings is 2. The van der Waals surface area contributed by atoms with Crippen LogP contribution >= 0.6 is 0 Å². The van der Waals surface area contributed by atoms with Gasteiger partial charge >= 0.3 is 0 Å². The minimum Gasteiger partial charge on any atom is -0.0764 e. The molecular formula is C22H24. The Balaban J connectivity index is 2.08. The number of allylic oxidation sites excluding steroid dienone is 4. The summed E-state index contributed by atoms with van der Waals surface area (Å²) in [5, 5.41) is 0. The van der Waals surface area contributed by atoms with Gasteiger partial charge in [-0.25, -0.2) is 0 Å². The summed E-state index contributed by atoms with van der Waals surface area (Å²) >= 11 is 0. The Labute approximate surface area is 134 Å². The van der Waals surface area contributed by atoms with Crippen molar-refractivity contribution in [2.75, 3.05) is 0 Å². The molecule has 2 aromatic carbocycles. The van der Waals surface area contributed by atoms with E-state index >= 15 is 0 Å². The molecule has 1 aliphatic rings. The summed E-state index contributed by atoms with van der Waals surface area (Å²) in [5.74, 6) is 0.816. The minimum absolute atomic E-state index is 0.190. The van der Waals surface area contributed by atoms with Crippen LogP contribution in [0.2, 0.25) is 0 Å². The van der Waals surface area contributed by atoms with E-state index in [1.807, 2.05) is 0 Å². The van der Waals surface area contributed by atoms with E-state index in [2.05, 4.69) is 99.7 Å². The van der Waals surface area contributed by atoms with Gasteiger partial charge in [-0.1, -0.05) is 105 Å². The van der Waals surface area contributed by atoms with Crippen LogP contribution in [-0.2, 0) is 0 Å². The van der Waals surface area contributed by atoms with E-state index in [1.165, 1.54) is 16.7 Å². The topological polar surface area (TPSA) is 0 Å². The van der Waals surface area contributed by atoms with Gasteiger partial charge in [-0.15, -0.1) is 0 Å². The smallest absolute Gasteiger partial charge is 0.0190 e. The molecule has 0 saturated carbocycles. The maximum absolute atomic E-state index is 2.37. The molecule has 0 N–H and O–H groups in total. The summed E-state index contributed by atoms with van der Waals surface area (Å²) in [4.78, 5) is 0. The van der Waals surface area contributed by atoms with E-state index in [9.17, 15) is 0 Å². The first-order chi connectivity index (χ1) is 10.6. The molecule has 0 heteroatoms. The number of hydrogen-bond acceptors (Lipinski definition) is 0. The van der Waals surface area contributed by atoms with Crippen molar-refractivity contribution in [1.82, 2.24) is 0 Å². The van der Waals surface area contributed by atoms with Crippen LogP contribution in [0.5, 0.6) is 0 Å². The van der Waals surface area contributed by atoms with Crippen molar-refractivity contribution >= 4 is 0 Å². The molecule has 0 radical (unpaired) electrons. The van der Waals surface area contributed by atoms with Gasteiger partial charge in [-0.2, -0.15) is 0 Å². The fraction of sp³-hybridized carbons (Fsp3) is 0.273. The molecule has 0 fully saturated rings. The fourth-order valence-electron chi connectivity index (χ4n) is 3.46. The van der Waals surface area contributed by atoms with Crippen LogP contribution in [0.25, 0.3) is 0 Å². The predicted molar refractivity (Wildman–Crippen MR) is 94.9 cm³/mol. The van der Waals surface area contributed by atoms with Crippen LogP contribution < -0.4 is 0 Å². The summed E-state index contributed by atoms with van der Waals surface area (Å²) in [7, 11) is 0. The average molecular weight is 288 g/mol. The van der Waals surface area contributed by atoms with Crippen LogP contribution in [0.15, 0.2) is 84.5 Å². The van der Waals surface area contributed by atoms with E-state index in [4.69, 9.17) is 0 Å². The molecule has 0 saturated heterocycles. The Bertz CT molecular complexity index is 629. The Morgan fingerprint density at radius 3 is 1.73 bits per heavy atom. The zero-order valence-electron chi connectivity index (χ0n) is 13.7. The van der Waals surface area contributed by atoms with Crippen LogP contribution in [0, 0.1) is 11.3 Å². The molecule has 1 aliphatic carbocycles. The molecule has 112 valence electrons. The standard InChI is InChI=1S/C22H24/c1-22(2,3)20-16-10-15-19(20)21(17-11-6-4-7-12-17)18-13-8-5-9-14-18/h4-16,19,21H,1-3H3. The Kier molecular flexibility index (Phi) is 4.02. The van der Waals surface area contributed by atoms with Crippen molar-refractivity contribution in [3.05, 3.63) is 95.6 Å². The van der Waals surface area contributed by atoms with Gasteiger partial charge in [-0.05, 0) is 16.5 Å². The molecule has 0 heterocycles. The molecule has 0 bridgehead atoms. The SMILES string of the molecule is CC(C)(C)C1=CC=CC1C(c1ccccc1)c1ccccc1. The highest BCUT2D eigenvalue weighted by Gasteiger charge is 2.33. The molecule has 0 aromatic heterocycles. The van der Waals surface area contributed by atoms with Gasteiger partial charge in [-0.3, -0.25) is 0 Å². The first-order valence-electron chi connectivity index (χ1n) is 8.06. The predicted octanol–water partition coefficient (Wildman–Crippen LogP) is 5.98. The molecule has 0 aliphatic heterocycles. The zero-order valence-corrected chi connectivity index (χ0v) is 13.7. The lowest BCUT2D eigenvalue weighted by Gasteiger charge is -2.33. The van der Waals surface area contributed by atoms with Crippen LogP contribution in [0.3, 0.4) is 0 Å². The van der Waals surface area contributed by atoms with Crippen molar-refractivity contribution in [2.24, 2.45) is 11.3 Å². The number of hydrogen-bond donors (Lipinski definition) is 0. The lowest BCUT2D eigenvalue weighted by atomic mass is 9.71. The van der Waals surface area contributed by atoms with Crippen molar-refractivity contribution in [1.29, 1.82) is 0 Å². The van der Waals surface area contributed by atoms with Crippen LogP contribution in [0.4, 0.5) is 0 Å². The van der Waals surface area contributed by atoms with E-state index in [1.54, 1.807) is 0 Å². The molecule has 1 atom stereocenters. The van der Waals surface area contributed by atoms with E-state index in [-0.39, 0.29) is 5.41 Å². The molecule has 0 spiro atoms. The highest BCUT2D eigenvalue weighted by Crippen LogP contribution is 2.45. The normalized spacial score (nSPS) is 17.8. The molecule has 1 unspecified atom stereocenters. The quantitative estimate of drug-likeness (QED) is 0.652. The van der Waals surface area contributed by atoms with Crippen molar-refractivity contribution < 1.29 is 0 Å². The van der Waals surface area contributed by atoms with Crippen LogP contribution in [0.1, 0.15) is 37.8 Å². The third-order valence-electron chi connectivity index (χ3n) is 4.50. The Morgan fingerprint density at radius 2 is 1.27 bits per heavy atom. The summed E-state index contributed by atoms with van der Waals surface area (Å²) < 4.78 is 0. The van der Waals surface area contributed by atoms with Crippen molar-refractivity contribution in [3.8, 4) is 0 Å². The van der Waals surface area contributed by atoms with Gasteiger partial charge in [0.05, 0.1) is 0 Å². The van der Waals surface area contributed by atoms with Gasteiger partial charge < -0.3 is 0 Å². The molecule has 0 amide bonds. The zero-order chi connectivity index (χ0) is 15.6. The molecule has 0 nitrogen and oxygen atoms in total.